The van der Waals surface area contributed by atoms with E-state index >= 15 is 0 Å². The van der Waals surface area contributed by atoms with Crippen molar-refractivity contribution in [3.63, 3.8) is 0 Å². The third-order valence-corrected chi connectivity index (χ3v) is 10.5. The molecule has 0 fully saturated rings. The molecule has 10 rings (SSSR count). The topological polar surface area (TPSA) is 38.0 Å². The maximum atomic E-state index is 9.79. The average Bonchev–Trinajstić information content (AvgIpc) is 3.76. The van der Waals surface area contributed by atoms with Crippen LogP contribution in [0.2, 0.25) is 0 Å². The molecule has 8 aromatic carbocycles. The molecule has 0 aliphatic rings. The molecule has 0 spiro atoms. The highest BCUT2D eigenvalue weighted by molar-refractivity contribution is 6.11. The fourth-order valence-corrected chi connectivity index (χ4v) is 8.08. The second-order valence-corrected chi connectivity index (χ2v) is 13.6. The smallest absolute Gasteiger partial charge is 0.194 e. The minimum atomic E-state index is 0.633. The fraction of sp³-hybridized carbons (Fsp3) is 0. The Kier molecular flexibility index (Phi) is 7.22. The zero-order chi connectivity index (χ0) is 36.2. The molecule has 54 heavy (non-hydrogen) atoms. The summed E-state index contributed by atoms with van der Waals surface area (Å²) in [6.07, 6.45) is 0. The van der Waals surface area contributed by atoms with E-state index in [2.05, 4.69) is 166 Å². The molecule has 4 nitrogen and oxygen atoms in total. The number of fused-ring (bicyclic) bond motifs is 6. The van der Waals surface area contributed by atoms with Crippen LogP contribution < -0.4 is 0 Å². The van der Waals surface area contributed by atoms with Crippen molar-refractivity contribution >= 4 is 49.3 Å². The van der Waals surface area contributed by atoms with Gasteiger partial charge in [-0.15, -0.1) is 0 Å². The van der Waals surface area contributed by atoms with Gasteiger partial charge in [-0.25, -0.2) is 4.85 Å². The second-order valence-electron chi connectivity index (χ2n) is 13.6. The Hall–Kier alpha value is -7.66. The molecule has 0 saturated heterocycles. The summed E-state index contributed by atoms with van der Waals surface area (Å²) in [6, 6.07) is 65.8. The summed E-state index contributed by atoms with van der Waals surface area (Å²) < 4.78 is 4.66. The molecule has 0 unspecified atom stereocenters. The predicted octanol–water partition coefficient (Wildman–Crippen LogP) is 13.3. The second kappa shape index (κ2) is 12.5. The van der Waals surface area contributed by atoms with Crippen LogP contribution in [0.5, 0.6) is 0 Å². The van der Waals surface area contributed by atoms with Crippen molar-refractivity contribution in [3.05, 3.63) is 199 Å². The number of nitriles is 1. The summed E-state index contributed by atoms with van der Waals surface area (Å²) in [5.41, 5.74) is 14.1. The van der Waals surface area contributed by atoms with Crippen LogP contribution in [-0.2, 0) is 0 Å². The molecule has 0 aliphatic heterocycles. The summed E-state index contributed by atoms with van der Waals surface area (Å²) >= 11 is 0. The van der Waals surface area contributed by atoms with Crippen LogP contribution >= 0.6 is 0 Å². The molecule has 0 amide bonds. The molecule has 0 N–H and O–H groups in total. The maximum Gasteiger partial charge on any atom is 0.194 e. The minimum Gasteiger partial charge on any atom is -0.309 e. The van der Waals surface area contributed by atoms with Gasteiger partial charge in [-0.2, -0.15) is 5.26 Å². The molecule has 4 heteroatoms. The van der Waals surface area contributed by atoms with Crippen molar-refractivity contribution in [1.29, 1.82) is 5.26 Å². The molecule has 0 saturated carbocycles. The highest BCUT2D eigenvalue weighted by Crippen LogP contribution is 2.40. The molecule has 0 radical (unpaired) electrons. The van der Waals surface area contributed by atoms with Crippen LogP contribution in [-0.4, -0.2) is 9.13 Å². The Balaban J connectivity index is 1.24. The highest BCUT2D eigenvalue weighted by atomic mass is 15.0. The number of benzene rings is 8. The van der Waals surface area contributed by atoms with E-state index in [9.17, 15) is 5.26 Å². The number of hydrogen-bond donors (Lipinski definition) is 0. The van der Waals surface area contributed by atoms with E-state index < -0.39 is 0 Å². The van der Waals surface area contributed by atoms with Crippen LogP contribution in [0, 0.1) is 17.9 Å². The van der Waals surface area contributed by atoms with Gasteiger partial charge in [0.15, 0.2) is 5.69 Å². The molecule has 0 aliphatic carbocycles. The summed E-state index contributed by atoms with van der Waals surface area (Å²) in [5.74, 6) is 0. The number of rotatable bonds is 5. The highest BCUT2D eigenvalue weighted by Gasteiger charge is 2.17. The molecule has 250 valence electrons. The van der Waals surface area contributed by atoms with Gasteiger partial charge in [0.1, 0.15) is 0 Å². The third kappa shape index (κ3) is 4.98. The van der Waals surface area contributed by atoms with Gasteiger partial charge in [0.05, 0.1) is 40.3 Å². The zero-order valence-electron chi connectivity index (χ0n) is 29.1. The Morgan fingerprint density at radius 1 is 0.407 bits per heavy atom. The molecular formula is C50H30N4. The Bertz CT molecular complexity index is 3190. The zero-order valence-corrected chi connectivity index (χ0v) is 29.1. The molecule has 2 aromatic heterocycles. The van der Waals surface area contributed by atoms with E-state index in [4.69, 9.17) is 6.57 Å². The molecule has 10 aromatic rings. The quantitative estimate of drug-likeness (QED) is 0.166. The van der Waals surface area contributed by atoms with Gasteiger partial charge < -0.3 is 9.13 Å². The first-order chi connectivity index (χ1) is 26.7. The van der Waals surface area contributed by atoms with Crippen molar-refractivity contribution in [2.45, 2.75) is 0 Å². The van der Waals surface area contributed by atoms with Gasteiger partial charge in [-0.3, -0.25) is 0 Å². The molecule has 0 atom stereocenters. The normalized spacial score (nSPS) is 11.3. The lowest BCUT2D eigenvalue weighted by atomic mass is 9.94. The van der Waals surface area contributed by atoms with E-state index in [1.807, 2.05) is 36.4 Å². The first-order valence-corrected chi connectivity index (χ1v) is 17.9. The van der Waals surface area contributed by atoms with Crippen molar-refractivity contribution in [1.82, 2.24) is 9.13 Å². The Labute approximate surface area is 312 Å². The van der Waals surface area contributed by atoms with E-state index in [-0.39, 0.29) is 0 Å². The maximum absolute atomic E-state index is 9.79. The van der Waals surface area contributed by atoms with Crippen LogP contribution in [0.25, 0.3) is 93.2 Å². The van der Waals surface area contributed by atoms with Crippen molar-refractivity contribution in [3.8, 4) is 50.8 Å². The number of aromatic nitrogens is 2. The van der Waals surface area contributed by atoms with Gasteiger partial charge >= 0.3 is 0 Å². The summed E-state index contributed by atoms with van der Waals surface area (Å²) in [7, 11) is 0. The standard InChI is InChI=1S/C50H30N4/c1-52-46-19-8-5-16-41(46)36-13-11-12-34(27-36)37-28-38(30-40(29-37)54-48-21-10-6-17-42(48)44-26-33(32-51)22-24-49(44)54)35-23-25-50-45(31-35)43-18-7-9-20-47(43)53(50)39-14-3-2-4-15-39/h2-31H. The third-order valence-electron chi connectivity index (χ3n) is 10.5. The van der Waals surface area contributed by atoms with E-state index in [1.165, 1.54) is 16.3 Å². The summed E-state index contributed by atoms with van der Waals surface area (Å²) in [5, 5.41) is 14.3. The number of nitrogens with zero attached hydrogens (tertiary/aromatic N) is 4. The van der Waals surface area contributed by atoms with Gasteiger partial charge in [0, 0.05) is 32.9 Å². The lowest BCUT2D eigenvalue weighted by Crippen LogP contribution is -1.96. The molecular weight excluding hydrogens is 657 g/mol. The first kappa shape index (κ1) is 31.1. The lowest BCUT2D eigenvalue weighted by Gasteiger charge is -2.15. The summed E-state index contributed by atoms with van der Waals surface area (Å²) in [4.78, 5) is 3.81. The van der Waals surface area contributed by atoms with Crippen molar-refractivity contribution in [2.75, 3.05) is 0 Å². The Morgan fingerprint density at radius 3 is 1.69 bits per heavy atom. The average molecular weight is 687 g/mol. The SMILES string of the molecule is [C-]#[N+]c1ccccc1-c1cccc(-c2cc(-c3ccc4c(c3)c3ccccc3n4-c3ccccc3)cc(-n3c4ccccc4c4cc(C#N)ccc43)c2)c1. The van der Waals surface area contributed by atoms with Crippen molar-refractivity contribution in [2.24, 2.45) is 0 Å². The van der Waals surface area contributed by atoms with Gasteiger partial charge in [-0.05, 0) is 112 Å². The first-order valence-electron chi connectivity index (χ1n) is 17.9. The number of para-hydroxylation sites is 4. The molecule has 2 heterocycles. The van der Waals surface area contributed by atoms with E-state index in [0.29, 0.717) is 11.3 Å². The van der Waals surface area contributed by atoms with Crippen LogP contribution in [0.4, 0.5) is 5.69 Å². The van der Waals surface area contributed by atoms with Crippen LogP contribution in [0.15, 0.2) is 182 Å². The fourth-order valence-electron chi connectivity index (χ4n) is 8.08. The Morgan fingerprint density at radius 2 is 0.963 bits per heavy atom. The molecule has 0 bridgehead atoms. The van der Waals surface area contributed by atoms with Gasteiger partial charge in [0.25, 0.3) is 0 Å². The van der Waals surface area contributed by atoms with Gasteiger partial charge in [0.2, 0.25) is 0 Å². The summed E-state index contributed by atoms with van der Waals surface area (Å²) in [6.45, 7) is 7.80. The van der Waals surface area contributed by atoms with Crippen molar-refractivity contribution < 1.29 is 0 Å². The largest absolute Gasteiger partial charge is 0.309 e. The van der Waals surface area contributed by atoms with Gasteiger partial charge in [-0.1, -0.05) is 103 Å². The monoisotopic (exact) mass is 686 g/mol. The van der Waals surface area contributed by atoms with Crippen LogP contribution in [0.1, 0.15) is 5.56 Å². The number of hydrogen-bond acceptors (Lipinski definition) is 1. The minimum absolute atomic E-state index is 0.633. The van der Waals surface area contributed by atoms with E-state index in [1.54, 1.807) is 0 Å². The lowest BCUT2D eigenvalue weighted by molar-refractivity contribution is 1.18. The van der Waals surface area contributed by atoms with E-state index in [0.717, 1.165) is 72.1 Å². The predicted molar refractivity (Wildman–Crippen MR) is 222 cm³/mol. The van der Waals surface area contributed by atoms with Crippen LogP contribution in [0.3, 0.4) is 0 Å².